The number of carbonyl (C=O) groups is 1. The summed E-state index contributed by atoms with van der Waals surface area (Å²) in [5.74, 6) is 0.130. The van der Waals surface area contributed by atoms with Gasteiger partial charge in [0, 0.05) is 40.6 Å². The second kappa shape index (κ2) is 22.6. The molecule has 1 atom stereocenters. The van der Waals surface area contributed by atoms with Crippen molar-refractivity contribution in [1.29, 1.82) is 0 Å². The van der Waals surface area contributed by atoms with Crippen LogP contribution in [-0.2, 0) is 23.8 Å². The third-order valence-corrected chi connectivity index (χ3v) is 6.33. The van der Waals surface area contributed by atoms with Crippen LogP contribution in [0.25, 0.3) is 11.3 Å². The average molecular weight is 671 g/mol. The van der Waals surface area contributed by atoms with Gasteiger partial charge >= 0.3 is 0 Å². The quantitative estimate of drug-likeness (QED) is 0.168. The fourth-order valence-electron chi connectivity index (χ4n) is 3.86. The van der Waals surface area contributed by atoms with Crippen LogP contribution in [0.4, 0.5) is 5.69 Å². The van der Waals surface area contributed by atoms with E-state index in [9.17, 15) is 4.79 Å². The summed E-state index contributed by atoms with van der Waals surface area (Å²) < 4.78 is 0. The van der Waals surface area contributed by atoms with Gasteiger partial charge < -0.3 is 11.5 Å². The Morgan fingerprint density at radius 3 is 1.74 bits per heavy atom. The van der Waals surface area contributed by atoms with Crippen molar-refractivity contribution < 1.29 is 27.9 Å². The Hall–Kier alpha value is -2.94. The summed E-state index contributed by atoms with van der Waals surface area (Å²) in [5.41, 5.74) is 20.4. The normalized spacial score (nSPS) is 11.0. The summed E-state index contributed by atoms with van der Waals surface area (Å²) in [4.78, 5) is 11.2. The van der Waals surface area contributed by atoms with Crippen molar-refractivity contribution >= 4 is 38.7 Å². The first kappa shape index (κ1) is 41.2. The molecule has 226 valence electrons. The average Bonchev–Trinajstić information content (AvgIpc) is 3.33. The van der Waals surface area contributed by atoms with Gasteiger partial charge in [0.05, 0.1) is 4.83 Å². The summed E-state index contributed by atoms with van der Waals surface area (Å²) >= 11 is 3.23. The first-order valence-corrected chi connectivity index (χ1v) is 14.9. The molecule has 1 aliphatic carbocycles. The molecule has 3 nitrogen and oxygen atoms in total. The molecule has 0 spiro atoms. The number of fused-ring (bicyclic) bond motifs is 1. The molecule has 5 heteroatoms. The topological polar surface area (TPSA) is 70.7 Å². The number of carbonyl (C=O) groups excluding carboxylic acids is 1. The first-order valence-electron chi connectivity index (χ1n) is 14.0. The van der Waals surface area contributed by atoms with Crippen molar-refractivity contribution in [3.8, 4) is 0 Å². The predicted octanol–water partition coefficient (Wildman–Crippen LogP) is 9.59. The molecule has 0 aliphatic heterocycles. The molecule has 0 radical (unpaired) electrons. The summed E-state index contributed by atoms with van der Waals surface area (Å²) in [6, 6.07) is 34.3. The van der Waals surface area contributed by atoms with Gasteiger partial charge in [0.1, 0.15) is 5.69 Å². The molecule has 42 heavy (non-hydrogen) atoms. The van der Waals surface area contributed by atoms with Gasteiger partial charge in [-0.05, 0) is 55.7 Å². The molecule has 4 aromatic rings. The zero-order valence-electron chi connectivity index (χ0n) is 25.6. The smallest absolute Gasteiger partial charge is 0.176 e. The largest absolute Gasteiger partial charge is 0.398 e. The number of halogens is 1. The van der Waals surface area contributed by atoms with Crippen molar-refractivity contribution in [2.45, 2.75) is 67.1 Å². The number of hydrogen-bond donors (Lipinski definition) is 2. The van der Waals surface area contributed by atoms with Crippen LogP contribution in [0.5, 0.6) is 0 Å². The summed E-state index contributed by atoms with van der Waals surface area (Å²) in [7, 11) is 0. The molecular formula is C37H50BrCrN2O+. The molecule has 5 rings (SSSR count). The fraction of sp³-hybridized carbons (Fsp3) is 0.270. The number of hydrogen-bond acceptors (Lipinski definition) is 2. The molecule has 0 amide bonds. The number of Topliss-reactive ketones (excluding diaryl/α,β-unsaturated/α-hetero) is 1. The maximum absolute atomic E-state index is 11.3. The molecule has 0 saturated heterocycles. The number of ketones is 1. The van der Waals surface area contributed by atoms with E-state index in [0.29, 0.717) is 0 Å². The minimum atomic E-state index is -0.0927. The van der Waals surface area contributed by atoms with E-state index in [2.05, 4.69) is 90.1 Å². The Morgan fingerprint density at radius 2 is 1.26 bits per heavy atom. The molecule has 0 saturated carbocycles. The van der Waals surface area contributed by atoms with Crippen molar-refractivity contribution in [2.75, 3.05) is 0 Å². The van der Waals surface area contributed by atoms with Crippen LogP contribution < -0.4 is 11.5 Å². The van der Waals surface area contributed by atoms with E-state index in [0.717, 1.165) is 23.4 Å². The van der Waals surface area contributed by atoms with Crippen LogP contribution in [-0.4, -0.2) is 10.6 Å². The van der Waals surface area contributed by atoms with E-state index in [4.69, 9.17) is 5.73 Å². The number of nitrogens with two attached hydrogens (primary N) is 1. The van der Waals surface area contributed by atoms with Gasteiger partial charge in [-0.25, -0.2) is 0 Å². The van der Waals surface area contributed by atoms with Crippen molar-refractivity contribution in [3.63, 3.8) is 0 Å². The van der Waals surface area contributed by atoms with Gasteiger partial charge in [0.2, 0.25) is 0 Å². The van der Waals surface area contributed by atoms with Crippen LogP contribution >= 0.6 is 15.9 Å². The van der Waals surface area contributed by atoms with E-state index in [1.165, 1.54) is 33.4 Å². The molecule has 0 fully saturated rings. The minimum absolute atomic E-state index is 0. The molecule has 1 aliphatic rings. The second-order valence-electron chi connectivity index (χ2n) is 8.93. The number of benzene rings is 4. The van der Waals surface area contributed by atoms with Crippen LogP contribution in [0.1, 0.15) is 80.2 Å². The van der Waals surface area contributed by atoms with Gasteiger partial charge in [0.25, 0.3) is 0 Å². The van der Waals surface area contributed by atoms with E-state index in [-0.39, 0.29) is 35.4 Å². The van der Waals surface area contributed by atoms with Crippen LogP contribution in [0.3, 0.4) is 0 Å². The molecule has 0 bridgehead atoms. The summed E-state index contributed by atoms with van der Waals surface area (Å²) in [6.07, 6.45) is 0.950. The minimum Gasteiger partial charge on any atom is -0.398 e. The fourth-order valence-corrected chi connectivity index (χ4v) is 4.12. The molecule has 5 N–H and O–H groups in total. The molecule has 4 aromatic carbocycles. The molecular weight excluding hydrogens is 620 g/mol. The van der Waals surface area contributed by atoms with Gasteiger partial charge in [0.15, 0.2) is 5.78 Å². The third-order valence-electron chi connectivity index (χ3n) is 5.91. The molecule has 0 aromatic heterocycles. The van der Waals surface area contributed by atoms with Crippen molar-refractivity contribution in [3.05, 3.63) is 137 Å². The first-order chi connectivity index (χ1) is 19.3. The maximum atomic E-state index is 11.3. The maximum Gasteiger partial charge on any atom is 0.176 e. The Balaban J connectivity index is 0. The van der Waals surface area contributed by atoms with Crippen LogP contribution in [0, 0.1) is 13.8 Å². The Kier molecular flexibility index (Phi) is 22.2. The third kappa shape index (κ3) is 13.4. The van der Waals surface area contributed by atoms with E-state index in [1.54, 1.807) is 0 Å². The van der Waals surface area contributed by atoms with Crippen molar-refractivity contribution in [2.24, 2.45) is 5.73 Å². The number of rotatable bonds is 3. The van der Waals surface area contributed by atoms with Crippen LogP contribution in [0.15, 0.2) is 103 Å². The Bertz CT molecular complexity index is 1300. The second-order valence-corrected chi connectivity index (χ2v) is 10.3. The predicted molar refractivity (Wildman–Crippen MR) is 185 cm³/mol. The Morgan fingerprint density at radius 1 is 0.786 bits per heavy atom. The summed E-state index contributed by atoms with van der Waals surface area (Å²) in [6.45, 7) is 14.0. The van der Waals surface area contributed by atoms with Gasteiger partial charge in [-0.1, -0.05) is 147 Å². The molecule has 0 heterocycles. The van der Waals surface area contributed by atoms with Gasteiger partial charge in [-0.15, -0.1) is 0 Å². The van der Waals surface area contributed by atoms with Gasteiger partial charge in [-0.2, -0.15) is 0 Å². The number of allylic oxidation sites excluding steroid dienone is 1. The number of quaternary nitrogens is 1. The summed E-state index contributed by atoms with van der Waals surface area (Å²) in [5, 5.41) is 0. The van der Waals surface area contributed by atoms with E-state index in [1.807, 2.05) is 83.1 Å². The van der Waals surface area contributed by atoms with Crippen LogP contribution in [0.2, 0.25) is 0 Å². The van der Waals surface area contributed by atoms with E-state index >= 15 is 0 Å². The standard InChI is InChI=1S/C16H15N.C9H9BrO.C7H9N.2C2H6.CH4.Cr/c1-11-7-8-13-10-15(16(17)14(13)9-11)12-5-3-2-4-6-12;1-7(10)9(11)8-5-3-2-4-6-8;1-6-2-4-7(8)5-3-6;2*1-2;;/h2-9H,10,17H2,1H3;2-7H,1H3;2-5H,8H2,1H3;2*1-2H3;1H4;/p+1. The van der Waals surface area contributed by atoms with Crippen molar-refractivity contribution in [1.82, 2.24) is 0 Å². The monoisotopic (exact) mass is 669 g/mol. The van der Waals surface area contributed by atoms with E-state index < -0.39 is 0 Å². The molecule has 1 unspecified atom stereocenters. The number of alkyl halides is 1. The number of aryl methyl sites for hydroxylation is 2. The zero-order chi connectivity index (χ0) is 30.1. The zero-order valence-corrected chi connectivity index (χ0v) is 28.4. The van der Waals surface area contributed by atoms with Gasteiger partial charge in [-0.3, -0.25) is 4.79 Å². The Labute approximate surface area is 274 Å². The SMILES string of the molecule is C.CC.CC.CC(Br)C(=O)c1ccccc1.Cc1ccc([NH3+])cc1.Cc1ccc2c(c1)C(N)=C(c1ccccc1)C2.[Cr].